The fourth-order valence-corrected chi connectivity index (χ4v) is 5.15. The number of hydrogen-bond donors (Lipinski definition) is 0. The van der Waals surface area contributed by atoms with E-state index in [9.17, 15) is 29.8 Å². The van der Waals surface area contributed by atoms with E-state index in [2.05, 4.69) is 0 Å². The number of nitro benzene ring substituents is 2. The van der Waals surface area contributed by atoms with Crippen molar-refractivity contribution in [3.05, 3.63) is 140 Å². The monoisotopic (exact) mass is 536 g/mol. The number of nitrogens with zero attached hydrogens (tertiary/aromatic N) is 4. The Morgan fingerprint density at radius 1 is 0.775 bits per heavy atom. The van der Waals surface area contributed by atoms with Gasteiger partial charge in [-0.25, -0.2) is 0 Å². The van der Waals surface area contributed by atoms with E-state index in [1.54, 1.807) is 58.3 Å². The third-order valence-corrected chi connectivity index (χ3v) is 6.95. The average molecular weight is 537 g/mol. The molecule has 2 amide bonds. The maximum absolute atomic E-state index is 14.0. The highest BCUT2D eigenvalue weighted by molar-refractivity contribution is 6.09. The number of hydrogen-bond acceptors (Lipinski definition) is 6. The summed E-state index contributed by atoms with van der Waals surface area (Å²) in [6, 6.07) is 26.6. The number of para-hydroxylation sites is 2. The molecule has 0 N–H and O–H groups in total. The largest absolute Gasteiger partial charge is 0.305 e. The first-order chi connectivity index (χ1) is 19.3. The first-order valence-electron chi connectivity index (χ1n) is 12.6. The number of carbonyl (C=O) groups excluding carboxylic acids is 2. The standard InChI is InChI=1S/C30H24N4O6/c1-20-17-28(32(23-11-3-2-4-12-23)30(36)22-10-8-14-25(19-22)34(39)40)26-15-5-6-16-27(26)31(20)29(35)21-9-7-13-24(18-21)33(37)38/h2-16,18-20,28H,17H2,1H3/t20-,28-/m1/s1. The smallest absolute Gasteiger partial charge is 0.270 e. The first-order valence-corrected chi connectivity index (χ1v) is 12.6. The van der Waals surface area contributed by atoms with E-state index in [0.717, 1.165) is 0 Å². The second kappa shape index (κ2) is 10.8. The highest BCUT2D eigenvalue weighted by Gasteiger charge is 2.39. The van der Waals surface area contributed by atoms with Gasteiger partial charge in [0.25, 0.3) is 23.2 Å². The van der Waals surface area contributed by atoms with Gasteiger partial charge in [-0.15, -0.1) is 0 Å². The van der Waals surface area contributed by atoms with Crippen LogP contribution in [0, 0.1) is 20.2 Å². The highest BCUT2D eigenvalue weighted by Crippen LogP contribution is 2.43. The van der Waals surface area contributed by atoms with E-state index in [0.29, 0.717) is 23.4 Å². The molecule has 0 aromatic heterocycles. The van der Waals surface area contributed by atoms with Crippen molar-refractivity contribution < 1.29 is 19.4 Å². The van der Waals surface area contributed by atoms with Gasteiger partial charge in [0.15, 0.2) is 0 Å². The molecule has 0 aliphatic carbocycles. The second-order valence-corrected chi connectivity index (χ2v) is 9.46. The summed E-state index contributed by atoms with van der Waals surface area (Å²) in [5.74, 6) is -0.807. The second-order valence-electron chi connectivity index (χ2n) is 9.46. The van der Waals surface area contributed by atoms with Crippen LogP contribution in [-0.4, -0.2) is 27.7 Å². The van der Waals surface area contributed by atoms with Crippen molar-refractivity contribution in [1.29, 1.82) is 0 Å². The number of amides is 2. The summed E-state index contributed by atoms with van der Waals surface area (Å²) in [5.41, 5.74) is 1.87. The van der Waals surface area contributed by atoms with Crippen molar-refractivity contribution in [1.82, 2.24) is 0 Å². The minimum atomic E-state index is -0.544. The fourth-order valence-electron chi connectivity index (χ4n) is 5.15. The zero-order chi connectivity index (χ0) is 28.4. The van der Waals surface area contributed by atoms with Crippen molar-refractivity contribution in [3.8, 4) is 0 Å². The average Bonchev–Trinajstić information content (AvgIpc) is 2.97. The van der Waals surface area contributed by atoms with Gasteiger partial charge in [0.1, 0.15) is 0 Å². The molecule has 2 atom stereocenters. The third-order valence-electron chi connectivity index (χ3n) is 6.95. The van der Waals surface area contributed by atoms with Crippen LogP contribution in [0.4, 0.5) is 22.7 Å². The normalized spacial score (nSPS) is 16.1. The van der Waals surface area contributed by atoms with Crippen molar-refractivity contribution in [2.75, 3.05) is 9.80 Å². The Balaban J connectivity index is 1.60. The Morgan fingerprint density at radius 3 is 2.00 bits per heavy atom. The van der Waals surface area contributed by atoms with Crippen LogP contribution in [0.1, 0.15) is 45.7 Å². The Morgan fingerprint density at radius 2 is 1.35 bits per heavy atom. The molecular formula is C30H24N4O6. The lowest BCUT2D eigenvalue weighted by molar-refractivity contribution is -0.385. The summed E-state index contributed by atoms with van der Waals surface area (Å²) in [5, 5.41) is 22.7. The Labute approximate surface area is 229 Å². The van der Waals surface area contributed by atoms with E-state index in [4.69, 9.17) is 0 Å². The van der Waals surface area contributed by atoms with Gasteiger partial charge < -0.3 is 9.80 Å². The molecule has 4 aromatic carbocycles. The van der Waals surface area contributed by atoms with E-state index in [-0.39, 0.29) is 22.5 Å². The van der Waals surface area contributed by atoms with Crippen LogP contribution in [0.5, 0.6) is 0 Å². The number of carbonyl (C=O) groups is 2. The SMILES string of the molecule is C[C@@H]1C[C@@H](N(C(=O)c2cccc([N+](=O)[O-])c2)c2ccccc2)c2ccccc2N1C(=O)c1cccc([N+](=O)[O-])c1. The lowest BCUT2D eigenvalue weighted by Gasteiger charge is -2.43. The number of anilines is 2. The van der Waals surface area contributed by atoms with Crippen molar-refractivity contribution in [2.45, 2.75) is 25.4 Å². The molecule has 5 rings (SSSR count). The number of benzene rings is 4. The first kappa shape index (κ1) is 26.2. The van der Waals surface area contributed by atoms with Gasteiger partial charge in [-0.2, -0.15) is 0 Å². The van der Waals surface area contributed by atoms with Crippen molar-refractivity contribution in [2.24, 2.45) is 0 Å². The topological polar surface area (TPSA) is 127 Å². The molecule has 10 nitrogen and oxygen atoms in total. The summed E-state index contributed by atoms with van der Waals surface area (Å²) < 4.78 is 0. The summed E-state index contributed by atoms with van der Waals surface area (Å²) >= 11 is 0. The molecule has 0 saturated carbocycles. The van der Waals surface area contributed by atoms with Crippen LogP contribution >= 0.6 is 0 Å². The minimum Gasteiger partial charge on any atom is -0.305 e. The summed E-state index contributed by atoms with van der Waals surface area (Å²) in [7, 11) is 0. The van der Waals surface area contributed by atoms with Gasteiger partial charge in [0, 0.05) is 52.8 Å². The molecule has 0 spiro atoms. The molecule has 200 valence electrons. The van der Waals surface area contributed by atoms with E-state index in [1.165, 1.54) is 36.4 Å². The molecule has 40 heavy (non-hydrogen) atoms. The zero-order valence-electron chi connectivity index (χ0n) is 21.4. The maximum Gasteiger partial charge on any atom is 0.270 e. The Kier molecular flexibility index (Phi) is 7.07. The molecule has 1 heterocycles. The number of rotatable bonds is 6. The predicted octanol–water partition coefficient (Wildman–Crippen LogP) is 6.33. The van der Waals surface area contributed by atoms with Crippen LogP contribution in [-0.2, 0) is 0 Å². The molecule has 0 saturated heterocycles. The van der Waals surface area contributed by atoms with Gasteiger partial charge >= 0.3 is 0 Å². The highest BCUT2D eigenvalue weighted by atomic mass is 16.6. The van der Waals surface area contributed by atoms with Gasteiger partial charge in [-0.1, -0.05) is 48.5 Å². The van der Waals surface area contributed by atoms with Crippen LogP contribution < -0.4 is 9.80 Å². The molecule has 0 fully saturated rings. The lowest BCUT2D eigenvalue weighted by atomic mass is 9.89. The van der Waals surface area contributed by atoms with Gasteiger partial charge in [-0.3, -0.25) is 29.8 Å². The van der Waals surface area contributed by atoms with Crippen LogP contribution in [0.15, 0.2) is 103 Å². The lowest BCUT2D eigenvalue weighted by Crippen LogP contribution is -2.47. The quantitative estimate of drug-likeness (QED) is 0.209. The van der Waals surface area contributed by atoms with Gasteiger partial charge in [0.2, 0.25) is 0 Å². The zero-order valence-corrected chi connectivity index (χ0v) is 21.4. The molecular weight excluding hydrogens is 512 g/mol. The predicted molar refractivity (Wildman–Crippen MR) is 150 cm³/mol. The number of non-ortho nitro benzene ring substituents is 2. The van der Waals surface area contributed by atoms with Crippen LogP contribution in [0.25, 0.3) is 0 Å². The van der Waals surface area contributed by atoms with Crippen molar-refractivity contribution >= 4 is 34.6 Å². The molecule has 0 radical (unpaired) electrons. The van der Waals surface area contributed by atoms with E-state index < -0.39 is 33.7 Å². The van der Waals surface area contributed by atoms with E-state index in [1.807, 2.05) is 25.1 Å². The maximum atomic E-state index is 14.0. The molecule has 0 bridgehead atoms. The summed E-state index contributed by atoms with van der Waals surface area (Å²) in [6.07, 6.45) is 0.354. The molecule has 1 aliphatic heterocycles. The summed E-state index contributed by atoms with van der Waals surface area (Å²) in [6.45, 7) is 1.86. The minimum absolute atomic E-state index is 0.165. The number of nitro groups is 2. The molecule has 1 aliphatic rings. The Hall–Kier alpha value is -5.38. The van der Waals surface area contributed by atoms with Crippen LogP contribution in [0.2, 0.25) is 0 Å². The molecule has 10 heteroatoms. The molecule has 4 aromatic rings. The molecule has 0 unspecified atom stereocenters. The van der Waals surface area contributed by atoms with Crippen molar-refractivity contribution in [3.63, 3.8) is 0 Å². The fraction of sp³-hybridized carbons (Fsp3) is 0.133. The van der Waals surface area contributed by atoms with Gasteiger partial charge in [-0.05, 0) is 49.2 Å². The summed E-state index contributed by atoms with van der Waals surface area (Å²) in [4.78, 5) is 52.6. The number of fused-ring (bicyclic) bond motifs is 1. The van der Waals surface area contributed by atoms with Crippen LogP contribution in [0.3, 0.4) is 0 Å². The Bertz CT molecular complexity index is 1620. The van der Waals surface area contributed by atoms with Gasteiger partial charge in [0.05, 0.1) is 15.9 Å². The van der Waals surface area contributed by atoms with E-state index >= 15 is 0 Å². The third kappa shape index (κ3) is 4.90.